The lowest BCUT2D eigenvalue weighted by Gasteiger charge is -2.06. The van der Waals surface area contributed by atoms with Gasteiger partial charge in [-0.2, -0.15) is 4.98 Å². The van der Waals surface area contributed by atoms with E-state index in [-0.39, 0.29) is 0 Å². The molecule has 0 bridgehead atoms. The second-order valence-electron chi connectivity index (χ2n) is 4.27. The lowest BCUT2D eigenvalue weighted by molar-refractivity contribution is 0.409. The van der Waals surface area contributed by atoms with Crippen LogP contribution in [0.15, 0.2) is 29.1 Å². The van der Waals surface area contributed by atoms with Crippen molar-refractivity contribution in [1.29, 1.82) is 0 Å². The van der Waals surface area contributed by atoms with E-state index in [2.05, 4.69) is 52.0 Å². The minimum atomic E-state index is 0.748. The van der Waals surface area contributed by atoms with Crippen LogP contribution >= 0.6 is 0 Å². The lowest BCUT2D eigenvalue weighted by Crippen LogP contribution is -2.17. The van der Waals surface area contributed by atoms with Crippen LogP contribution in [0.2, 0.25) is 0 Å². The number of hydrogen-bond acceptors (Lipinski definition) is 4. The zero-order valence-electron chi connectivity index (χ0n) is 10.2. The molecule has 1 aromatic heterocycles. The molecule has 2 rings (SSSR count). The van der Waals surface area contributed by atoms with Crippen molar-refractivity contribution < 1.29 is 4.52 Å². The zero-order valence-corrected chi connectivity index (χ0v) is 10.2. The molecule has 1 heterocycles. The highest BCUT2D eigenvalue weighted by molar-refractivity contribution is 5.28. The van der Waals surface area contributed by atoms with Crippen LogP contribution < -0.4 is 5.32 Å². The fraction of sp³-hybridized carbons (Fsp3) is 0.385. The number of aromatic nitrogens is 2. The van der Waals surface area contributed by atoms with E-state index in [0.29, 0.717) is 0 Å². The highest BCUT2D eigenvalue weighted by Gasteiger charge is 1.99. The summed E-state index contributed by atoms with van der Waals surface area (Å²) >= 11 is 0. The van der Waals surface area contributed by atoms with Gasteiger partial charge >= 0.3 is 0 Å². The molecule has 2 aromatic rings. The van der Waals surface area contributed by atoms with Gasteiger partial charge in [0.25, 0.3) is 0 Å². The van der Waals surface area contributed by atoms with Crippen LogP contribution in [0.3, 0.4) is 0 Å². The van der Waals surface area contributed by atoms with Gasteiger partial charge in [-0.25, -0.2) is 0 Å². The zero-order chi connectivity index (χ0) is 12.1. The van der Waals surface area contributed by atoms with E-state index in [1.54, 1.807) is 0 Å². The first-order chi connectivity index (χ1) is 8.24. The molecule has 0 aliphatic heterocycles. The topological polar surface area (TPSA) is 51.0 Å². The van der Waals surface area contributed by atoms with Gasteiger partial charge in [0.2, 0.25) is 6.39 Å². The van der Waals surface area contributed by atoms with Crippen molar-refractivity contribution in [3.05, 3.63) is 47.1 Å². The van der Waals surface area contributed by atoms with Crippen LogP contribution in [0, 0.1) is 13.8 Å². The number of nitrogens with zero attached hydrogens (tertiary/aromatic N) is 2. The molecule has 0 radical (unpaired) electrons. The quantitative estimate of drug-likeness (QED) is 0.800. The Bertz CT molecular complexity index is 445. The minimum Gasteiger partial charge on any atom is -0.343 e. The van der Waals surface area contributed by atoms with E-state index in [9.17, 15) is 0 Å². The van der Waals surface area contributed by atoms with Crippen molar-refractivity contribution in [2.24, 2.45) is 0 Å². The summed E-state index contributed by atoms with van der Waals surface area (Å²) in [6.07, 6.45) is 2.15. The predicted molar refractivity (Wildman–Crippen MR) is 65.6 cm³/mol. The Labute approximate surface area is 101 Å². The molecule has 0 fully saturated rings. The van der Waals surface area contributed by atoms with Gasteiger partial charge in [-0.1, -0.05) is 34.5 Å². The van der Waals surface area contributed by atoms with Crippen molar-refractivity contribution in [3.8, 4) is 0 Å². The first-order valence-corrected chi connectivity index (χ1v) is 5.77. The molecule has 4 nitrogen and oxygen atoms in total. The van der Waals surface area contributed by atoms with Crippen molar-refractivity contribution in [2.45, 2.75) is 26.8 Å². The van der Waals surface area contributed by atoms with Gasteiger partial charge in [-0.15, -0.1) is 0 Å². The molecular weight excluding hydrogens is 214 g/mol. The Morgan fingerprint density at radius 2 is 1.94 bits per heavy atom. The molecule has 0 saturated carbocycles. The third-order valence-corrected chi connectivity index (χ3v) is 2.54. The fourth-order valence-corrected chi connectivity index (χ4v) is 1.91. The summed E-state index contributed by atoms with van der Waals surface area (Å²) in [5, 5.41) is 7.14. The Balaban J connectivity index is 1.78. The van der Waals surface area contributed by atoms with Crippen LogP contribution in [-0.2, 0) is 13.0 Å². The van der Waals surface area contributed by atoms with E-state index >= 15 is 0 Å². The van der Waals surface area contributed by atoms with Crippen molar-refractivity contribution in [1.82, 2.24) is 15.5 Å². The summed E-state index contributed by atoms with van der Waals surface area (Å²) in [5.74, 6) is 0.748. The smallest absolute Gasteiger partial charge is 0.213 e. The molecule has 1 N–H and O–H groups in total. The van der Waals surface area contributed by atoms with Crippen LogP contribution in [0.4, 0.5) is 0 Å². The molecule has 0 amide bonds. The highest BCUT2D eigenvalue weighted by atomic mass is 16.5. The number of nitrogens with one attached hydrogen (secondary N) is 1. The van der Waals surface area contributed by atoms with Gasteiger partial charge in [-0.05, 0) is 19.4 Å². The average Bonchev–Trinajstić information content (AvgIpc) is 2.76. The predicted octanol–water partition coefficient (Wildman–Crippen LogP) is 2.02. The molecule has 4 heteroatoms. The van der Waals surface area contributed by atoms with E-state index in [0.717, 1.165) is 25.3 Å². The normalized spacial score (nSPS) is 10.7. The Kier molecular flexibility index (Phi) is 3.88. The minimum absolute atomic E-state index is 0.748. The SMILES string of the molecule is Cc1cc(C)cc(CNCCc2ncon2)c1. The number of rotatable bonds is 5. The van der Waals surface area contributed by atoms with Gasteiger partial charge < -0.3 is 9.84 Å². The second kappa shape index (κ2) is 5.59. The maximum absolute atomic E-state index is 4.67. The molecular formula is C13H17N3O. The molecule has 90 valence electrons. The van der Waals surface area contributed by atoms with Crippen molar-refractivity contribution >= 4 is 0 Å². The van der Waals surface area contributed by atoms with Crippen molar-refractivity contribution in [3.63, 3.8) is 0 Å². The summed E-state index contributed by atoms with van der Waals surface area (Å²) in [6, 6.07) is 6.59. The number of benzene rings is 1. The standard InChI is InChI=1S/C13H17N3O/c1-10-5-11(2)7-12(6-10)8-14-4-3-13-15-9-17-16-13/h5-7,9,14H,3-4,8H2,1-2H3. The molecule has 0 aliphatic rings. The van der Waals surface area contributed by atoms with Gasteiger partial charge in [0.05, 0.1) is 0 Å². The molecule has 0 atom stereocenters. The van der Waals surface area contributed by atoms with Crippen molar-refractivity contribution in [2.75, 3.05) is 6.54 Å². The molecule has 1 aromatic carbocycles. The van der Waals surface area contributed by atoms with Crippen LogP contribution in [0.1, 0.15) is 22.5 Å². The molecule has 0 unspecified atom stereocenters. The summed E-state index contributed by atoms with van der Waals surface area (Å²) in [4.78, 5) is 3.97. The molecule has 0 aliphatic carbocycles. The second-order valence-corrected chi connectivity index (χ2v) is 4.27. The fourth-order valence-electron chi connectivity index (χ4n) is 1.91. The largest absolute Gasteiger partial charge is 0.343 e. The van der Waals surface area contributed by atoms with E-state index < -0.39 is 0 Å². The maximum atomic E-state index is 4.67. The summed E-state index contributed by atoms with van der Waals surface area (Å²) in [5.41, 5.74) is 3.93. The van der Waals surface area contributed by atoms with Crippen LogP contribution in [0.5, 0.6) is 0 Å². The molecule has 0 saturated heterocycles. The lowest BCUT2D eigenvalue weighted by atomic mass is 10.1. The monoisotopic (exact) mass is 231 g/mol. The Hall–Kier alpha value is -1.68. The van der Waals surface area contributed by atoms with Gasteiger partial charge in [0.1, 0.15) is 0 Å². The summed E-state index contributed by atoms with van der Waals surface area (Å²) < 4.78 is 4.67. The Morgan fingerprint density at radius 3 is 2.59 bits per heavy atom. The highest BCUT2D eigenvalue weighted by Crippen LogP contribution is 2.08. The van der Waals surface area contributed by atoms with Crippen LogP contribution in [-0.4, -0.2) is 16.7 Å². The Morgan fingerprint density at radius 1 is 1.18 bits per heavy atom. The number of hydrogen-bond donors (Lipinski definition) is 1. The summed E-state index contributed by atoms with van der Waals surface area (Å²) in [6.45, 7) is 5.97. The third kappa shape index (κ3) is 3.67. The van der Waals surface area contributed by atoms with Gasteiger partial charge in [-0.3, -0.25) is 0 Å². The maximum Gasteiger partial charge on any atom is 0.213 e. The van der Waals surface area contributed by atoms with Gasteiger partial charge in [0, 0.05) is 19.5 Å². The first kappa shape index (κ1) is 11.8. The first-order valence-electron chi connectivity index (χ1n) is 5.77. The van der Waals surface area contributed by atoms with E-state index in [4.69, 9.17) is 0 Å². The van der Waals surface area contributed by atoms with Crippen LogP contribution in [0.25, 0.3) is 0 Å². The summed E-state index contributed by atoms with van der Waals surface area (Å²) in [7, 11) is 0. The number of aryl methyl sites for hydroxylation is 2. The molecule has 0 spiro atoms. The van der Waals surface area contributed by atoms with Gasteiger partial charge in [0.15, 0.2) is 5.82 Å². The van der Waals surface area contributed by atoms with E-state index in [1.807, 2.05) is 0 Å². The third-order valence-electron chi connectivity index (χ3n) is 2.54. The molecule has 17 heavy (non-hydrogen) atoms. The average molecular weight is 231 g/mol. The van der Waals surface area contributed by atoms with E-state index in [1.165, 1.54) is 23.1 Å².